The quantitative estimate of drug-likeness (QED) is 0.748. The van der Waals surface area contributed by atoms with Crippen molar-refractivity contribution in [2.75, 3.05) is 44.2 Å². The second-order valence-corrected chi connectivity index (χ2v) is 8.20. The summed E-state index contributed by atoms with van der Waals surface area (Å²) in [6.07, 6.45) is 2.81. The molecule has 2 N–H and O–H groups in total. The molecule has 0 saturated carbocycles. The maximum absolute atomic E-state index is 12.7. The second kappa shape index (κ2) is 10.5. The van der Waals surface area contributed by atoms with Gasteiger partial charge in [0, 0.05) is 51.0 Å². The minimum Gasteiger partial charge on any atom is -0.450 e. The Balaban J connectivity index is 1.30. The van der Waals surface area contributed by atoms with E-state index in [2.05, 4.69) is 44.8 Å². The molecule has 0 bridgehead atoms. The topological polar surface area (TPSA) is 86.8 Å². The number of aromatic nitrogens is 1. The Morgan fingerprint density at radius 3 is 2.59 bits per heavy atom. The highest BCUT2D eigenvalue weighted by atomic mass is 16.6. The molecule has 170 valence electrons. The zero-order chi connectivity index (χ0) is 22.3. The standard InChI is InChI=1S/C24H31N5O3/c1-2-32-24(31)28-13-10-20(11-14-28)27-23(30)19-8-9-22(26-16-19)29-15-12-25-21(17-29)18-6-4-3-5-7-18/h3-9,16,20-21,25H,2,10-15,17H2,1H3,(H,27,30)/t21-/m1/s1. The van der Waals surface area contributed by atoms with Crippen LogP contribution in [0.15, 0.2) is 48.7 Å². The van der Waals surface area contributed by atoms with E-state index in [9.17, 15) is 9.59 Å². The van der Waals surface area contributed by atoms with Crippen LogP contribution in [0, 0.1) is 0 Å². The molecule has 2 amide bonds. The van der Waals surface area contributed by atoms with Crippen LogP contribution in [0.4, 0.5) is 10.6 Å². The molecule has 0 radical (unpaired) electrons. The number of carbonyl (C=O) groups excluding carboxylic acids is 2. The van der Waals surface area contributed by atoms with Gasteiger partial charge >= 0.3 is 6.09 Å². The molecule has 0 spiro atoms. The number of anilines is 1. The summed E-state index contributed by atoms with van der Waals surface area (Å²) in [5, 5.41) is 6.63. The number of ether oxygens (including phenoxy) is 1. The molecule has 8 heteroatoms. The molecule has 32 heavy (non-hydrogen) atoms. The zero-order valence-corrected chi connectivity index (χ0v) is 18.5. The van der Waals surface area contributed by atoms with Gasteiger partial charge in [0.1, 0.15) is 5.82 Å². The second-order valence-electron chi connectivity index (χ2n) is 8.20. The van der Waals surface area contributed by atoms with Crippen molar-refractivity contribution in [3.63, 3.8) is 0 Å². The van der Waals surface area contributed by atoms with E-state index >= 15 is 0 Å². The molecule has 1 atom stereocenters. The van der Waals surface area contributed by atoms with Gasteiger partial charge in [0.2, 0.25) is 0 Å². The summed E-state index contributed by atoms with van der Waals surface area (Å²) in [7, 11) is 0. The summed E-state index contributed by atoms with van der Waals surface area (Å²) < 4.78 is 5.04. The van der Waals surface area contributed by atoms with Crippen molar-refractivity contribution in [3.05, 3.63) is 59.8 Å². The van der Waals surface area contributed by atoms with Gasteiger partial charge in [-0.25, -0.2) is 9.78 Å². The Labute approximate surface area is 188 Å². The first kappa shape index (κ1) is 22.1. The lowest BCUT2D eigenvalue weighted by atomic mass is 10.0. The van der Waals surface area contributed by atoms with Gasteiger partial charge in [-0.15, -0.1) is 0 Å². The molecular weight excluding hydrogens is 406 g/mol. The van der Waals surface area contributed by atoms with Crippen LogP contribution in [0.3, 0.4) is 0 Å². The van der Waals surface area contributed by atoms with Crippen LogP contribution < -0.4 is 15.5 Å². The molecule has 4 rings (SSSR count). The Hall–Kier alpha value is -3.13. The number of hydrogen-bond acceptors (Lipinski definition) is 6. The van der Waals surface area contributed by atoms with Gasteiger partial charge in [-0.3, -0.25) is 4.79 Å². The smallest absolute Gasteiger partial charge is 0.409 e. The molecule has 8 nitrogen and oxygen atoms in total. The lowest BCUT2D eigenvalue weighted by molar-refractivity contribution is 0.0860. The van der Waals surface area contributed by atoms with E-state index in [1.807, 2.05) is 18.2 Å². The molecule has 0 unspecified atom stereocenters. The third-order valence-corrected chi connectivity index (χ3v) is 6.07. The molecule has 2 saturated heterocycles. The number of piperazine rings is 1. The van der Waals surface area contributed by atoms with Crippen molar-refractivity contribution >= 4 is 17.8 Å². The first-order chi connectivity index (χ1) is 15.6. The Bertz CT molecular complexity index is 898. The number of nitrogens with zero attached hydrogens (tertiary/aromatic N) is 3. The first-order valence-corrected chi connectivity index (χ1v) is 11.4. The van der Waals surface area contributed by atoms with Crippen molar-refractivity contribution in [1.82, 2.24) is 20.5 Å². The molecule has 3 heterocycles. The predicted molar refractivity (Wildman–Crippen MR) is 123 cm³/mol. The van der Waals surface area contributed by atoms with Crippen molar-refractivity contribution in [3.8, 4) is 0 Å². The van der Waals surface area contributed by atoms with E-state index in [-0.39, 0.29) is 24.1 Å². The highest BCUT2D eigenvalue weighted by Crippen LogP contribution is 2.21. The molecule has 2 aliphatic heterocycles. The SMILES string of the molecule is CCOC(=O)N1CCC(NC(=O)c2ccc(N3CCN[C@@H](c4ccccc4)C3)nc2)CC1. The fraction of sp³-hybridized carbons (Fsp3) is 0.458. The number of carbonyl (C=O) groups is 2. The fourth-order valence-electron chi connectivity index (χ4n) is 4.26. The van der Waals surface area contributed by atoms with Crippen LogP contribution in [0.1, 0.15) is 41.7 Å². The summed E-state index contributed by atoms with van der Waals surface area (Å²) in [5.74, 6) is 0.757. The van der Waals surface area contributed by atoms with Gasteiger partial charge in [-0.2, -0.15) is 0 Å². The van der Waals surface area contributed by atoms with E-state index in [0.29, 0.717) is 25.3 Å². The highest BCUT2D eigenvalue weighted by Gasteiger charge is 2.25. The number of amides is 2. The summed E-state index contributed by atoms with van der Waals surface area (Å²) in [4.78, 5) is 33.0. The molecule has 1 aromatic heterocycles. The maximum atomic E-state index is 12.7. The highest BCUT2D eigenvalue weighted by molar-refractivity contribution is 5.94. The van der Waals surface area contributed by atoms with Gasteiger partial charge in [0.25, 0.3) is 5.91 Å². The summed E-state index contributed by atoms with van der Waals surface area (Å²) in [6, 6.07) is 14.5. The average molecular weight is 438 g/mol. The van der Waals surface area contributed by atoms with Crippen molar-refractivity contribution in [2.24, 2.45) is 0 Å². The largest absolute Gasteiger partial charge is 0.450 e. The lowest BCUT2D eigenvalue weighted by Gasteiger charge is -2.34. The van der Waals surface area contributed by atoms with Crippen molar-refractivity contribution in [2.45, 2.75) is 31.8 Å². The molecule has 2 aromatic rings. The van der Waals surface area contributed by atoms with E-state index in [4.69, 9.17) is 4.74 Å². The fourth-order valence-corrected chi connectivity index (χ4v) is 4.26. The summed E-state index contributed by atoms with van der Waals surface area (Å²) >= 11 is 0. The van der Waals surface area contributed by atoms with Crippen LogP contribution in [0.25, 0.3) is 0 Å². The number of piperidine rings is 1. The van der Waals surface area contributed by atoms with E-state index in [1.165, 1.54) is 5.56 Å². The number of rotatable bonds is 5. The molecular formula is C24H31N5O3. The van der Waals surface area contributed by atoms with Gasteiger partial charge in [-0.05, 0) is 37.5 Å². The Morgan fingerprint density at radius 1 is 1.12 bits per heavy atom. The number of pyridine rings is 1. The van der Waals surface area contributed by atoms with E-state index in [1.54, 1.807) is 18.0 Å². The molecule has 0 aliphatic carbocycles. The number of likely N-dealkylation sites (tertiary alicyclic amines) is 1. The van der Waals surface area contributed by atoms with Gasteiger partial charge in [-0.1, -0.05) is 30.3 Å². The minimum atomic E-state index is -0.278. The van der Waals surface area contributed by atoms with Crippen LogP contribution in [-0.2, 0) is 4.74 Å². The van der Waals surface area contributed by atoms with Crippen LogP contribution in [0.2, 0.25) is 0 Å². The van der Waals surface area contributed by atoms with Crippen molar-refractivity contribution in [1.29, 1.82) is 0 Å². The Morgan fingerprint density at radius 2 is 1.91 bits per heavy atom. The van der Waals surface area contributed by atoms with Crippen LogP contribution in [-0.4, -0.2) is 67.3 Å². The van der Waals surface area contributed by atoms with Gasteiger partial charge in [0.15, 0.2) is 0 Å². The number of nitrogens with one attached hydrogen (secondary N) is 2. The third-order valence-electron chi connectivity index (χ3n) is 6.07. The number of hydrogen-bond donors (Lipinski definition) is 2. The van der Waals surface area contributed by atoms with E-state index in [0.717, 1.165) is 38.3 Å². The minimum absolute atomic E-state index is 0.0488. The Kier molecular flexibility index (Phi) is 7.21. The average Bonchev–Trinajstić information content (AvgIpc) is 2.85. The van der Waals surface area contributed by atoms with Gasteiger partial charge < -0.3 is 25.2 Å². The number of benzene rings is 1. The maximum Gasteiger partial charge on any atom is 0.409 e. The summed E-state index contributed by atoms with van der Waals surface area (Å²) in [5.41, 5.74) is 1.82. The molecule has 2 fully saturated rings. The van der Waals surface area contributed by atoms with Crippen LogP contribution >= 0.6 is 0 Å². The monoisotopic (exact) mass is 437 g/mol. The van der Waals surface area contributed by atoms with Crippen LogP contribution in [0.5, 0.6) is 0 Å². The summed E-state index contributed by atoms with van der Waals surface area (Å²) in [6.45, 7) is 5.95. The third kappa shape index (κ3) is 5.37. The van der Waals surface area contributed by atoms with E-state index < -0.39 is 0 Å². The normalized spacial score (nSPS) is 19.5. The lowest BCUT2D eigenvalue weighted by Crippen LogP contribution is -2.47. The molecule has 1 aromatic carbocycles. The van der Waals surface area contributed by atoms with Crippen molar-refractivity contribution < 1.29 is 14.3 Å². The predicted octanol–water partition coefficient (Wildman–Crippen LogP) is 2.58. The zero-order valence-electron chi connectivity index (χ0n) is 18.5. The molecule has 2 aliphatic rings. The van der Waals surface area contributed by atoms with Gasteiger partial charge in [0.05, 0.1) is 12.2 Å². The first-order valence-electron chi connectivity index (χ1n) is 11.4.